The Bertz CT molecular complexity index is 254. The fraction of sp³-hybridized carbons (Fsp3) is 0.923. The molecule has 0 saturated heterocycles. The van der Waals surface area contributed by atoms with E-state index in [9.17, 15) is 0 Å². The van der Waals surface area contributed by atoms with Crippen molar-refractivity contribution in [3.05, 3.63) is 0 Å². The molecule has 2 saturated carbocycles. The summed E-state index contributed by atoms with van der Waals surface area (Å²) in [6.45, 7) is 0.930. The fourth-order valence-electron chi connectivity index (χ4n) is 2.93. The minimum Gasteiger partial charge on any atom is -0.326 e. The molecule has 0 bridgehead atoms. The molecule has 90 valence electrons. The molecule has 0 amide bonds. The van der Waals surface area contributed by atoms with Crippen LogP contribution in [0.5, 0.6) is 0 Å². The second-order valence-corrected chi connectivity index (χ2v) is 5.25. The SMILES string of the molecule is N#CCCN(C1CC1)C1CCCCCC1N. The lowest BCUT2D eigenvalue weighted by Gasteiger charge is -2.34. The Hall–Kier alpha value is -0.590. The van der Waals surface area contributed by atoms with E-state index in [-0.39, 0.29) is 0 Å². The van der Waals surface area contributed by atoms with Gasteiger partial charge in [0.1, 0.15) is 0 Å². The molecule has 0 aliphatic heterocycles. The molecule has 0 spiro atoms. The Labute approximate surface area is 98.6 Å². The van der Waals surface area contributed by atoms with Gasteiger partial charge in [-0.25, -0.2) is 0 Å². The normalized spacial score (nSPS) is 31.1. The molecule has 16 heavy (non-hydrogen) atoms. The molecule has 2 N–H and O–H groups in total. The molecule has 0 aromatic carbocycles. The van der Waals surface area contributed by atoms with Crippen LogP contribution >= 0.6 is 0 Å². The number of hydrogen-bond donors (Lipinski definition) is 1. The summed E-state index contributed by atoms with van der Waals surface area (Å²) in [6.07, 6.45) is 9.62. The molecule has 2 atom stereocenters. The fourth-order valence-corrected chi connectivity index (χ4v) is 2.93. The van der Waals surface area contributed by atoms with Crippen LogP contribution in [0.4, 0.5) is 0 Å². The molecule has 2 rings (SSSR count). The van der Waals surface area contributed by atoms with Crippen LogP contribution < -0.4 is 5.73 Å². The maximum Gasteiger partial charge on any atom is 0.0635 e. The number of nitrogens with zero attached hydrogens (tertiary/aromatic N) is 2. The van der Waals surface area contributed by atoms with Crippen LogP contribution in [0.25, 0.3) is 0 Å². The van der Waals surface area contributed by atoms with Crippen molar-refractivity contribution in [1.82, 2.24) is 4.90 Å². The van der Waals surface area contributed by atoms with E-state index < -0.39 is 0 Å². The summed E-state index contributed by atoms with van der Waals surface area (Å²) < 4.78 is 0. The summed E-state index contributed by atoms with van der Waals surface area (Å²) in [5.41, 5.74) is 6.29. The van der Waals surface area contributed by atoms with E-state index in [0.717, 1.165) is 12.6 Å². The first-order chi connectivity index (χ1) is 7.83. The van der Waals surface area contributed by atoms with Gasteiger partial charge in [0.05, 0.1) is 6.07 Å². The monoisotopic (exact) mass is 221 g/mol. The molecule has 3 heteroatoms. The van der Waals surface area contributed by atoms with Gasteiger partial charge in [-0.05, 0) is 25.7 Å². The van der Waals surface area contributed by atoms with Gasteiger partial charge in [0.25, 0.3) is 0 Å². The van der Waals surface area contributed by atoms with Gasteiger partial charge in [0.2, 0.25) is 0 Å². The molecular formula is C13H23N3. The lowest BCUT2D eigenvalue weighted by atomic mass is 10.0. The van der Waals surface area contributed by atoms with Crippen molar-refractivity contribution in [2.45, 2.75) is 69.5 Å². The maximum atomic E-state index is 8.73. The summed E-state index contributed by atoms with van der Waals surface area (Å²) in [7, 11) is 0. The standard InChI is InChI=1S/C13H23N3/c14-9-4-10-16(11-7-8-11)13-6-3-1-2-5-12(13)15/h11-13H,1-8,10,15H2. The summed E-state index contributed by atoms with van der Waals surface area (Å²) in [4.78, 5) is 2.54. The Balaban J connectivity index is 1.96. The van der Waals surface area contributed by atoms with E-state index >= 15 is 0 Å². The number of nitriles is 1. The second kappa shape index (κ2) is 5.65. The van der Waals surface area contributed by atoms with Crippen molar-refractivity contribution in [3.8, 4) is 6.07 Å². The van der Waals surface area contributed by atoms with Gasteiger partial charge in [-0.15, -0.1) is 0 Å². The topological polar surface area (TPSA) is 53.0 Å². The number of hydrogen-bond acceptors (Lipinski definition) is 3. The third-order valence-corrected chi connectivity index (χ3v) is 3.96. The lowest BCUT2D eigenvalue weighted by Crippen LogP contribution is -2.48. The molecular weight excluding hydrogens is 198 g/mol. The van der Waals surface area contributed by atoms with Gasteiger partial charge in [0.15, 0.2) is 0 Å². The number of rotatable bonds is 4. The Morgan fingerprint density at radius 1 is 1.12 bits per heavy atom. The van der Waals surface area contributed by atoms with Gasteiger partial charge in [0, 0.05) is 31.1 Å². The van der Waals surface area contributed by atoms with Crippen molar-refractivity contribution in [2.24, 2.45) is 5.73 Å². The zero-order chi connectivity index (χ0) is 11.4. The van der Waals surface area contributed by atoms with E-state index in [0.29, 0.717) is 18.5 Å². The Kier molecular flexibility index (Phi) is 4.20. The highest BCUT2D eigenvalue weighted by molar-refractivity contribution is 4.94. The number of nitrogens with two attached hydrogens (primary N) is 1. The summed E-state index contributed by atoms with van der Waals surface area (Å²) in [6, 6.07) is 3.89. The molecule has 3 nitrogen and oxygen atoms in total. The smallest absolute Gasteiger partial charge is 0.0635 e. The largest absolute Gasteiger partial charge is 0.326 e. The van der Waals surface area contributed by atoms with Crippen molar-refractivity contribution in [3.63, 3.8) is 0 Å². The third-order valence-electron chi connectivity index (χ3n) is 3.96. The van der Waals surface area contributed by atoms with Crippen LogP contribution in [0.15, 0.2) is 0 Å². The van der Waals surface area contributed by atoms with E-state index in [1.165, 1.54) is 44.9 Å². The molecule has 2 aliphatic rings. The first-order valence-electron chi connectivity index (χ1n) is 6.71. The molecule has 2 unspecified atom stereocenters. The average molecular weight is 221 g/mol. The zero-order valence-corrected chi connectivity index (χ0v) is 10.1. The summed E-state index contributed by atoms with van der Waals surface area (Å²) in [5, 5.41) is 8.73. The molecule has 2 fully saturated rings. The third kappa shape index (κ3) is 2.96. The predicted molar refractivity (Wildman–Crippen MR) is 64.8 cm³/mol. The van der Waals surface area contributed by atoms with Crippen LogP contribution in [-0.4, -0.2) is 29.6 Å². The van der Waals surface area contributed by atoms with Gasteiger partial charge in [-0.1, -0.05) is 19.3 Å². The van der Waals surface area contributed by atoms with Crippen molar-refractivity contribution in [1.29, 1.82) is 5.26 Å². The molecule has 0 aromatic rings. The summed E-state index contributed by atoms with van der Waals surface area (Å²) in [5.74, 6) is 0. The first-order valence-corrected chi connectivity index (χ1v) is 6.71. The van der Waals surface area contributed by atoms with E-state index in [1.807, 2.05) is 0 Å². The highest BCUT2D eigenvalue weighted by Gasteiger charge is 2.36. The second-order valence-electron chi connectivity index (χ2n) is 5.25. The Morgan fingerprint density at radius 2 is 1.88 bits per heavy atom. The van der Waals surface area contributed by atoms with E-state index in [1.54, 1.807) is 0 Å². The predicted octanol–water partition coefficient (Wildman–Crippen LogP) is 2.02. The highest BCUT2D eigenvalue weighted by atomic mass is 15.2. The van der Waals surface area contributed by atoms with Crippen LogP contribution in [0.3, 0.4) is 0 Å². The van der Waals surface area contributed by atoms with Crippen molar-refractivity contribution >= 4 is 0 Å². The first kappa shape index (κ1) is 11.9. The van der Waals surface area contributed by atoms with E-state index in [4.69, 9.17) is 11.0 Å². The minimum absolute atomic E-state index is 0.335. The Morgan fingerprint density at radius 3 is 2.56 bits per heavy atom. The van der Waals surface area contributed by atoms with Gasteiger partial charge in [-0.3, -0.25) is 4.90 Å². The van der Waals surface area contributed by atoms with Crippen LogP contribution in [0.1, 0.15) is 51.4 Å². The highest BCUT2D eigenvalue weighted by Crippen LogP contribution is 2.32. The molecule has 2 aliphatic carbocycles. The van der Waals surface area contributed by atoms with Crippen molar-refractivity contribution < 1.29 is 0 Å². The van der Waals surface area contributed by atoms with Gasteiger partial charge in [-0.2, -0.15) is 5.26 Å². The van der Waals surface area contributed by atoms with Crippen LogP contribution in [0.2, 0.25) is 0 Å². The average Bonchev–Trinajstić information content (AvgIpc) is 3.09. The molecule has 0 aromatic heterocycles. The van der Waals surface area contributed by atoms with Crippen LogP contribution in [-0.2, 0) is 0 Å². The zero-order valence-electron chi connectivity index (χ0n) is 10.1. The van der Waals surface area contributed by atoms with E-state index in [2.05, 4.69) is 11.0 Å². The van der Waals surface area contributed by atoms with Gasteiger partial charge < -0.3 is 5.73 Å². The quantitative estimate of drug-likeness (QED) is 0.739. The summed E-state index contributed by atoms with van der Waals surface area (Å²) >= 11 is 0. The molecule has 0 radical (unpaired) electrons. The molecule has 0 heterocycles. The van der Waals surface area contributed by atoms with Gasteiger partial charge >= 0.3 is 0 Å². The van der Waals surface area contributed by atoms with Crippen LogP contribution in [0, 0.1) is 11.3 Å². The lowest BCUT2D eigenvalue weighted by molar-refractivity contribution is 0.156. The maximum absolute atomic E-state index is 8.73. The minimum atomic E-state index is 0.335. The van der Waals surface area contributed by atoms with Crippen molar-refractivity contribution in [2.75, 3.05) is 6.54 Å².